The molecule has 20 heavy (non-hydrogen) atoms. The van der Waals surface area contributed by atoms with Crippen LogP contribution in [-0.4, -0.2) is 4.92 Å². The van der Waals surface area contributed by atoms with Crippen molar-refractivity contribution < 1.29 is 14.1 Å². The molecule has 0 aromatic heterocycles. The maximum absolute atomic E-state index is 13.3. The van der Waals surface area contributed by atoms with Gasteiger partial charge in [0.2, 0.25) is 5.75 Å². The number of hydrogen-bond donors (Lipinski definition) is 0. The Bertz CT molecular complexity index is 644. The van der Waals surface area contributed by atoms with Gasteiger partial charge in [-0.3, -0.25) is 10.1 Å². The first kappa shape index (κ1) is 14.9. The largest absolute Gasteiger partial charge is 0.450 e. The zero-order chi connectivity index (χ0) is 14.7. The van der Waals surface area contributed by atoms with E-state index in [-0.39, 0.29) is 17.2 Å². The number of nitrogens with zero attached hydrogens (tertiary/aromatic N) is 1. The molecule has 0 radical (unpaired) electrons. The van der Waals surface area contributed by atoms with Crippen molar-refractivity contribution >= 4 is 37.5 Å². The van der Waals surface area contributed by atoms with Crippen molar-refractivity contribution in [2.75, 3.05) is 0 Å². The van der Waals surface area contributed by atoms with Crippen LogP contribution >= 0.6 is 31.9 Å². The number of alkyl halides is 1. The lowest BCUT2D eigenvalue weighted by atomic mass is 10.2. The van der Waals surface area contributed by atoms with Crippen LogP contribution in [0.5, 0.6) is 11.5 Å². The van der Waals surface area contributed by atoms with Gasteiger partial charge in [0, 0.05) is 21.9 Å². The summed E-state index contributed by atoms with van der Waals surface area (Å²) in [5.74, 6) is -0.238. The van der Waals surface area contributed by atoms with Gasteiger partial charge in [0.1, 0.15) is 11.6 Å². The molecule has 0 amide bonds. The Morgan fingerprint density at radius 1 is 1.25 bits per heavy atom. The molecule has 0 saturated heterocycles. The molecule has 2 aromatic carbocycles. The summed E-state index contributed by atoms with van der Waals surface area (Å²) in [6, 6.07) is 8.57. The Morgan fingerprint density at radius 3 is 2.60 bits per heavy atom. The summed E-state index contributed by atoms with van der Waals surface area (Å²) in [5, 5.41) is 11.5. The van der Waals surface area contributed by atoms with E-state index in [1.165, 1.54) is 24.3 Å². The molecule has 0 aliphatic carbocycles. The average Bonchev–Trinajstić information content (AvgIpc) is 2.37. The Kier molecular flexibility index (Phi) is 4.72. The first-order valence-corrected chi connectivity index (χ1v) is 7.38. The van der Waals surface area contributed by atoms with Gasteiger partial charge in [0.15, 0.2) is 0 Å². The van der Waals surface area contributed by atoms with Crippen molar-refractivity contribution in [1.29, 1.82) is 0 Å². The molecule has 0 N–H and O–H groups in total. The van der Waals surface area contributed by atoms with Crippen molar-refractivity contribution in [2.24, 2.45) is 0 Å². The average molecular weight is 405 g/mol. The van der Waals surface area contributed by atoms with Gasteiger partial charge in [0.05, 0.1) is 4.92 Å². The topological polar surface area (TPSA) is 52.4 Å². The fourth-order valence-corrected chi connectivity index (χ4v) is 2.38. The number of benzene rings is 2. The van der Waals surface area contributed by atoms with Gasteiger partial charge in [-0.25, -0.2) is 4.39 Å². The zero-order valence-electron chi connectivity index (χ0n) is 9.98. The van der Waals surface area contributed by atoms with Crippen LogP contribution in [0.1, 0.15) is 5.56 Å². The van der Waals surface area contributed by atoms with Gasteiger partial charge >= 0.3 is 5.69 Å². The third-order valence-electron chi connectivity index (χ3n) is 2.44. The summed E-state index contributed by atoms with van der Waals surface area (Å²) >= 11 is 6.37. The standard InChI is InChI=1S/C13H8Br2FNO3/c14-7-8-1-2-13(12(3-8)17(18)19)20-11-5-9(15)4-10(16)6-11/h1-6H,7H2. The maximum atomic E-state index is 13.3. The van der Waals surface area contributed by atoms with Crippen LogP contribution < -0.4 is 4.74 Å². The molecule has 0 bridgehead atoms. The number of rotatable bonds is 4. The molecular formula is C13H8Br2FNO3. The van der Waals surface area contributed by atoms with Gasteiger partial charge in [-0.05, 0) is 23.8 Å². The highest BCUT2D eigenvalue weighted by atomic mass is 79.9. The minimum atomic E-state index is -0.532. The van der Waals surface area contributed by atoms with Crippen molar-refractivity contribution in [3.8, 4) is 11.5 Å². The number of ether oxygens (including phenoxy) is 1. The molecule has 4 nitrogen and oxygen atoms in total. The zero-order valence-corrected chi connectivity index (χ0v) is 13.1. The van der Waals surface area contributed by atoms with Crippen LogP contribution in [0.3, 0.4) is 0 Å². The molecule has 0 unspecified atom stereocenters. The highest BCUT2D eigenvalue weighted by Gasteiger charge is 2.17. The molecule has 7 heteroatoms. The SMILES string of the molecule is O=[N+]([O-])c1cc(CBr)ccc1Oc1cc(F)cc(Br)c1. The van der Waals surface area contributed by atoms with Gasteiger partial charge in [-0.2, -0.15) is 0 Å². The molecule has 2 rings (SSSR count). The van der Waals surface area contributed by atoms with Crippen LogP contribution in [0, 0.1) is 15.9 Å². The second-order valence-corrected chi connectivity index (χ2v) is 5.38. The molecular weight excluding hydrogens is 397 g/mol. The molecule has 0 fully saturated rings. The highest BCUT2D eigenvalue weighted by molar-refractivity contribution is 9.10. The van der Waals surface area contributed by atoms with Crippen LogP contribution in [0.4, 0.5) is 10.1 Å². The summed E-state index contributed by atoms with van der Waals surface area (Å²) in [6.45, 7) is 0. The summed E-state index contributed by atoms with van der Waals surface area (Å²) in [7, 11) is 0. The van der Waals surface area contributed by atoms with Crippen LogP contribution in [0.2, 0.25) is 0 Å². The summed E-state index contributed by atoms with van der Waals surface area (Å²) in [6.07, 6.45) is 0. The first-order valence-electron chi connectivity index (χ1n) is 5.47. The number of nitro benzene ring substituents is 1. The third-order valence-corrected chi connectivity index (χ3v) is 3.54. The molecule has 0 aliphatic heterocycles. The molecule has 104 valence electrons. The lowest BCUT2D eigenvalue weighted by molar-refractivity contribution is -0.385. The van der Waals surface area contributed by atoms with E-state index in [9.17, 15) is 14.5 Å². The van der Waals surface area contributed by atoms with E-state index in [1.807, 2.05) is 0 Å². The minimum absolute atomic E-state index is 0.0669. The van der Waals surface area contributed by atoms with Crippen molar-refractivity contribution in [3.05, 3.63) is 62.4 Å². The summed E-state index contributed by atoms with van der Waals surface area (Å²) < 4.78 is 19.2. The number of hydrogen-bond acceptors (Lipinski definition) is 3. The van der Waals surface area contributed by atoms with E-state index in [2.05, 4.69) is 31.9 Å². The van der Waals surface area contributed by atoms with Crippen LogP contribution in [0.25, 0.3) is 0 Å². The summed E-state index contributed by atoms with van der Waals surface area (Å²) in [4.78, 5) is 10.5. The molecule has 0 saturated carbocycles. The Hall–Kier alpha value is -1.47. The Morgan fingerprint density at radius 2 is 2.00 bits per heavy atom. The van der Waals surface area contributed by atoms with E-state index in [0.29, 0.717) is 9.80 Å². The second kappa shape index (κ2) is 6.32. The monoisotopic (exact) mass is 403 g/mol. The minimum Gasteiger partial charge on any atom is -0.450 e. The van der Waals surface area contributed by atoms with Crippen LogP contribution in [0.15, 0.2) is 40.9 Å². The predicted molar refractivity (Wildman–Crippen MR) is 79.9 cm³/mol. The smallest absolute Gasteiger partial charge is 0.311 e. The number of halogens is 3. The van der Waals surface area contributed by atoms with Gasteiger partial charge in [-0.15, -0.1) is 0 Å². The van der Waals surface area contributed by atoms with E-state index < -0.39 is 10.7 Å². The molecule has 0 heterocycles. The van der Waals surface area contributed by atoms with Crippen LogP contribution in [-0.2, 0) is 5.33 Å². The first-order chi connectivity index (χ1) is 9.49. The van der Waals surface area contributed by atoms with Crippen molar-refractivity contribution in [3.63, 3.8) is 0 Å². The fraction of sp³-hybridized carbons (Fsp3) is 0.0769. The lowest BCUT2D eigenvalue weighted by Crippen LogP contribution is -1.95. The van der Waals surface area contributed by atoms with Crippen molar-refractivity contribution in [2.45, 2.75) is 5.33 Å². The quantitative estimate of drug-likeness (QED) is 0.400. The van der Waals surface area contributed by atoms with Gasteiger partial charge < -0.3 is 4.74 Å². The predicted octanol–water partition coefficient (Wildman–Crippen LogP) is 5.18. The van der Waals surface area contributed by atoms with E-state index in [0.717, 1.165) is 11.6 Å². The summed E-state index contributed by atoms with van der Waals surface area (Å²) in [5.41, 5.74) is 0.590. The molecule has 0 atom stereocenters. The molecule has 0 spiro atoms. The van der Waals surface area contributed by atoms with E-state index in [4.69, 9.17) is 4.74 Å². The second-order valence-electron chi connectivity index (χ2n) is 3.90. The van der Waals surface area contributed by atoms with E-state index in [1.54, 1.807) is 6.07 Å². The Balaban J connectivity index is 2.39. The normalized spacial score (nSPS) is 10.3. The lowest BCUT2D eigenvalue weighted by Gasteiger charge is -2.08. The van der Waals surface area contributed by atoms with Gasteiger partial charge in [0.25, 0.3) is 0 Å². The Labute approximate surface area is 131 Å². The molecule has 0 aliphatic rings. The third kappa shape index (κ3) is 3.55. The maximum Gasteiger partial charge on any atom is 0.311 e. The van der Waals surface area contributed by atoms with Crippen molar-refractivity contribution in [1.82, 2.24) is 0 Å². The molecule has 2 aromatic rings. The number of nitro groups is 1. The highest BCUT2D eigenvalue weighted by Crippen LogP contribution is 2.33. The fourth-order valence-electron chi connectivity index (χ4n) is 1.59. The van der Waals surface area contributed by atoms with Gasteiger partial charge in [-0.1, -0.05) is 37.9 Å². The van der Waals surface area contributed by atoms with E-state index >= 15 is 0 Å².